The summed E-state index contributed by atoms with van der Waals surface area (Å²) in [6.07, 6.45) is 4.03. The lowest BCUT2D eigenvalue weighted by molar-refractivity contribution is -0.0655. The predicted molar refractivity (Wildman–Crippen MR) is 126 cm³/mol. The first-order valence-electron chi connectivity index (χ1n) is 10.6. The summed E-state index contributed by atoms with van der Waals surface area (Å²) >= 11 is 12.2. The molecule has 168 valence electrons. The number of morpholine rings is 1. The molecule has 2 aliphatic heterocycles. The molecule has 32 heavy (non-hydrogen) atoms. The molecule has 0 aliphatic carbocycles. The Balaban J connectivity index is 1.36. The van der Waals surface area contributed by atoms with Gasteiger partial charge in [-0.25, -0.2) is 9.97 Å². The molecule has 0 spiro atoms. The van der Waals surface area contributed by atoms with Crippen molar-refractivity contribution in [1.82, 2.24) is 14.9 Å². The molecule has 2 aliphatic rings. The second kappa shape index (κ2) is 9.27. The van der Waals surface area contributed by atoms with Crippen LogP contribution in [0.2, 0.25) is 10.0 Å². The summed E-state index contributed by atoms with van der Waals surface area (Å²) in [5, 5.41) is 5.04. The van der Waals surface area contributed by atoms with E-state index in [1.807, 2.05) is 18.2 Å². The number of rotatable bonds is 6. The molecular formula is C23H24Cl2N4O3. The number of ether oxygens (including phenoxy) is 3. The van der Waals surface area contributed by atoms with E-state index in [-0.39, 0.29) is 6.10 Å². The van der Waals surface area contributed by atoms with Crippen LogP contribution in [0.1, 0.15) is 12.8 Å². The first-order valence-corrected chi connectivity index (χ1v) is 11.4. The number of anilines is 2. The average Bonchev–Trinajstić information content (AvgIpc) is 3.27. The van der Waals surface area contributed by atoms with Crippen LogP contribution in [0.25, 0.3) is 10.9 Å². The fourth-order valence-corrected chi connectivity index (χ4v) is 4.61. The monoisotopic (exact) mass is 474 g/mol. The highest BCUT2D eigenvalue weighted by molar-refractivity contribution is 6.42. The van der Waals surface area contributed by atoms with Crippen molar-refractivity contribution in [2.45, 2.75) is 25.0 Å². The van der Waals surface area contributed by atoms with Crippen LogP contribution in [-0.2, 0) is 4.74 Å². The van der Waals surface area contributed by atoms with E-state index < -0.39 is 0 Å². The molecule has 7 nitrogen and oxygen atoms in total. The molecule has 3 heterocycles. The zero-order valence-electron chi connectivity index (χ0n) is 17.7. The Labute approximate surface area is 196 Å². The first kappa shape index (κ1) is 21.5. The van der Waals surface area contributed by atoms with E-state index >= 15 is 0 Å². The van der Waals surface area contributed by atoms with Gasteiger partial charge < -0.3 is 19.5 Å². The van der Waals surface area contributed by atoms with Gasteiger partial charge in [-0.3, -0.25) is 4.90 Å². The normalized spacial score (nSPS) is 20.8. The van der Waals surface area contributed by atoms with E-state index in [9.17, 15) is 0 Å². The molecule has 0 radical (unpaired) electrons. The molecule has 5 rings (SSSR count). The Kier molecular flexibility index (Phi) is 6.24. The lowest BCUT2D eigenvalue weighted by Crippen LogP contribution is -2.48. The molecule has 2 unspecified atom stereocenters. The van der Waals surface area contributed by atoms with Gasteiger partial charge in [0, 0.05) is 29.7 Å². The quantitative estimate of drug-likeness (QED) is 0.542. The molecule has 0 amide bonds. The van der Waals surface area contributed by atoms with Gasteiger partial charge in [0.1, 0.15) is 24.9 Å². The van der Waals surface area contributed by atoms with Crippen molar-refractivity contribution in [1.29, 1.82) is 0 Å². The van der Waals surface area contributed by atoms with Gasteiger partial charge in [0.15, 0.2) is 11.5 Å². The Hall–Kier alpha value is -2.32. The molecule has 0 bridgehead atoms. The predicted octanol–water partition coefficient (Wildman–Crippen LogP) is 4.93. The van der Waals surface area contributed by atoms with E-state index in [1.54, 1.807) is 19.2 Å². The Bertz CT molecular complexity index is 1130. The van der Waals surface area contributed by atoms with Crippen LogP contribution in [-0.4, -0.2) is 60.4 Å². The SMILES string of the molecule is COc1cc2c(Nc3ccc(Cl)c(Cl)c3)ncnc2cc1OCC1CN2CCCC2CO1. The van der Waals surface area contributed by atoms with Gasteiger partial charge in [-0.2, -0.15) is 0 Å². The minimum atomic E-state index is 0.0435. The van der Waals surface area contributed by atoms with Gasteiger partial charge in [-0.15, -0.1) is 0 Å². The number of nitrogens with one attached hydrogen (secondary N) is 1. The third-order valence-electron chi connectivity index (χ3n) is 5.99. The number of aromatic nitrogens is 2. The number of methoxy groups -OCH3 is 1. The summed E-state index contributed by atoms with van der Waals surface area (Å²) in [5.74, 6) is 1.87. The van der Waals surface area contributed by atoms with Crippen LogP contribution in [0.5, 0.6) is 11.5 Å². The van der Waals surface area contributed by atoms with Gasteiger partial charge in [0.25, 0.3) is 0 Å². The van der Waals surface area contributed by atoms with E-state index in [0.29, 0.717) is 40.0 Å². The lowest BCUT2D eigenvalue weighted by Gasteiger charge is -2.35. The third kappa shape index (κ3) is 4.43. The van der Waals surface area contributed by atoms with Crippen LogP contribution >= 0.6 is 23.2 Å². The number of fused-ring (bicyclic) bond motifs is 2. The molecule has 3 aromatic rings. The van der Waals surface area contributed by atoms with E-state index in [1.165, 1.54) is 19.2 Å². The lowest BCUT2D eigenvalue weighted by atomic mass is 10.2. The fraction of sp³-hybridized carbons (Fsp3) is 0.391. The van der Waals surface area contributed by atoms with Crippen molar-refractivity contribution < 1.29 is 14.2 Å². The second-order valence-corrected chi connectivity index (χ2v) is 8.87. The van der Waals surface area contributed by atoms with Crippen molar-refractivity contribution in [3.05, 3.63) is 46.7 Å². The highest BCUT2D eigenvalue weighted by Crippen LogP contribution is 2.36. The highest BCUT2D eigenvalue weighted by atomic mass is 35.5. The molecule has 1 N–H and O–H groups in total. The summed E-state index contributed by atoms with van der Waals surface area (Å²) in [6, 6.07) is 9.65. The molecular weight excluding hydrogens is 451 g/mol. The van der Waals surface area contributed by atoms with Crippen molar-refractivity contribution in [3.63, 3.8) is 0 Å². The van der Waals surface area contributed by atoms with Crippen molar-refractivity contribution in [2.75, 3.05) is 38.7 Å². The van der Waals surface area contributed by atoms with Crippen LogP contribution in [0.4, 0.5) is 11.5 Å². The first-order chi connectivity index (χ1) is 15.6. The Morgan fingerprint density at radius 3 is 2.91 bits per heavy atom. The molecule has 2 fully saturated rings. The maximum absolute atomic E-state index is 6.14. The van der Waals surface area contributed by atoms with Crippen LogP contribution in [0.15, 0.2) is 36.7 Å². The number of hydrogen-bond donors (Lipinski definition) is 1. The molecule has 0 saturated carbocycles. The topological polar surface area (TPSA) is 68.7 Å². The van der Waals surface area contributed by atoms with Crippen molar-refractivity contribution in [3.8, 4) is 11.5 Å². The van der Waals surface area contributed by atoms with Crippen LogP contribution in [0, 0.1) is 0 Å². The number of hydrogen-bond acceptors (Lipinski definition) is 7. The Morgan fingerprint density at radius 1 is 1.16 bits per heavy atom. The van der Waals surface area contributed by atoms with Crippen LogP contribution < -0.4 is 14.8 Å². The molecule has 2 saturated heterocycles. The number of halogens is 2. The third-order valence-corrected chi connectivity index (χ3v) is 6.73. The smallest absolute Gasteiger partial charge is 0.163 e. The summed E-state index contributed by atoms with van der Waals surface area (Å²) in [5.41, 5.74) is 1.51. The average molecular weight is 475 g/mol. The summed E-state index contributed by atoms with van der Waals surface area (Å²) in [4.78, 5) is 11.3. The fourth-order valence-electron chi connectivity index (χ4n) is 4.32. The maximum Gasteiger partial charge on any atom is 0.163 e. The van der Waals surface area contributed by atoms with Gasteiger partial charge >= 0.3 is 0 Å². The molecule has 2 aromatic carbocycles. The van der Waals surface area contributed by atoms with Crippen LogP contribution in [0.3, 0.4) is 0 Å². The summed E-state index contributed by atoms with van der Waals surface area (Å²) in [6.45, 7) is 3.29. The van der Waals surface area contributed by atoms with E-state index in [4.69, 9.17) is 37.4 Å². The molecule has 9 heteroatoms. The minimum Gasteiger partial charge on any atom is -0.493 e. The van der Waals surface area contributed by atoms with E-state index in [2.05, 4.69) is 20.2 Å². The van der Waals surface area contributed by atoms with E-state index in [0.717, 1.165) is 36.3 Å². The zero-order valence-corrected chi connectivity index (χ0v) is 19.2. The summed E-state index contributed by atoms with van der Waals surface area (Å²) in [7, 11) is 1.62. The second-order valence-electron chi connectivity index (χ2n) is 8.05. The summed E-state index contributed by atoms with van der Waals surface area (Å²) < 4.78 is 17.7. The minimum absolute atomic E-state index is 0.0435. The molecule has 2 atom stereocenters. The van der Waals surface area contributed by atoms with Crippen molar-refractivity contribution >= 4 is 45.6 Å². The van der Waals surface area contributed by atoms with Gasteiger partial charge in [-0.05, 0) is 43.7 Å². The van der Waals surface area contributed by atoms with Gasteiger partial charge in [0.2, 0.25) is 0 Å². The number of benzene rings is 2. The highest BCUT2D eigenvalue weighted by Gasteiger charge is 2.32. The molecule has 1 aromatic heterocycles. The van der Waals surface area contributed by atoms with Gasteiger partial charge in [0.05, 0.1) is 29.3 Å². The van der Waals surface area contributed by atoms with Crippen molar-refractivity contribution in [2.24, 2.45) is 0 Å². The number of nitrogens with zero attached hydrogens (tertiary/aromatic N) is 3. The largest absolute Gasteiger partial charge is 0.493 e. The maximum atomic E-state index is 6.14. The Morgan fingerprint density at radius 2 is 2.06 bits per heavy atom. The standard InChI is InChI=1S/C23H24Cl2N4O3/c1-30-21-8-17-20(26-13-27-23(17)28-14-4-5-18(24)19(25)7-14)9-22(21)32-12-16-10-29-6-2-3-15(29)11-31-16/h4-5,7-9,13,15-16H,2-3,6,10-12H2,1H3,(H,26,27,28). The zero-order chi connectivity index (χ0) is 22.1. The van der Waals surface area contributed by atoms with Gasteiger partial charge in [-0.1, -0.05) is 23.2 Å².